The third-order valence-corrected chi connectivity index (χ3v) is 6.02. The molecule has 0 aromatic heterocycles. The Morgan fingerprint density at radius 3 is 2.00 bits per heavy atom. The predicted octanol–water partition coefficient (Wildman–Crippen LogP) is 5.07. The van der Waals surface area contributed by atoms with E-state index in [2.05, 4.69) is 31.8 Å². The van der Waals surface area contributed by atoms with E-state index in [1.165, 1.54) is 6.21 Å². The minimum atomic E-state index is -0.558. The Bertz CT molecular complexity index is 1390. The van der Waals surface area contributed by atoms with Gasteiger partial charge in [0.15, 0.2) is 0 Å². The molecule has 0 fully saturated rings. The number of benzene rings is 4. The lowest BCUT2D eigenvalue weighted by molar-refractivity contribution is -0.126. The molecule has 0 spiro atoms. The third kappa shape index (κ3) is 7.24. The van der Waals surface area contributed by atoms with Crippen LogP contribution in [0.4, 0.5) is 0 Å². The van der Waals surface area contributed by atoms with Crippen molar-refractivity contribution < 1.29 is 19.1 Å². The maximum atomic E-state index is 13.1. The smallest absolute Gasteiger partial charge is 0.343 e. The van der Waals surface area contributed by atoms with Crippen molar-refractivity contribution >= 4 is 39.9 Å². The van der Waals surface area contributed by atoms with Crippen LogP contribution in [-0.4, -0.2) is 30.5 Å². The highest BCUT2D eigenvalue weighted by molar-refractivity contribution is 9.10. The first-order chi connectivity index (χ1) is 18.5. The first kappa shape index (κ1) is 26.5. The van der Waals surface area contributed by atoms with Crippen molar-refractivity contribution in [2.75, 3.05) is 6.54 Å². The first-order valence-electron chi connectivity index (χ1n) is 11.8. The molecule has 4 aromatic carbocycles. The van der Waals surface area contributed by atoms with E-state index in [0.717, 1.165) is 15.6 Å². The maximum absolute atomic E-state index is 13.1. The van der Waals surface area contributed by atoms with Gasteiger partial charge >= 0.3 is 5.97 Å². The molecule has 8 heteroatoms. The van der Waals surface area contributed by atoms with Crippen molar-refractivity contribution in [3.05, 3.63) is 136 Å². The van der Waals surface area contributed by atoms with Gasteiger partial charge < -0.3 is 10.1 Å². The molecular weight excluding hydrogens is 546 g/mol. The van der Waals surface area contributed by atoms with Crippen molar-refractivity contribution in [2.24, 2.45) is 5.10 Å². The van der Waals surface area contributed by atoms with Crippen LogP contribution >= 0.6 is 15.9 Å². The summed E-state index contributed by atoms with van der Waals surface area (Å²) >= 11 is 3.38. The zero-order valence-electron chi connectivity index (χ0n) is 20.2. The Balaban J connectivity index is 1.38. The van der Waals surface area contributed by atoms with Crippen molar-refractivity contribution in [1.82, 2.24) is 10.7 Å². The minimum absolute atomic E-state index is 0.263. The summed E-state index contributed by atoms with van der Waals surface area (Å²) < 4.78 is 6.25. The molecule has 0 saturated carbocycles. The average Bonchev–Trinajstić information content (AvgIpc) is 2.95. The molecule has 4 aromatic rings. The molecule has 4 rings (SSSR count). The zero-order valence-corrected chi connectivity index (χ0v) is 21.8. The highest BCUT2D eigenvalue weighted by atomic mass is 79.9. The Morgan fingerprint density at radius 1 is 0.816 bits per heavy atom. The lowest BCUT2D eigenvalue weighted by atomic mass is 9.90. The maximum Gasteiger partial charge on any atom is 0.343 e. The van der Waals surface area contributed by atoms with Crippen molar-refractivity contribution in [1.29, 1.82) is 0 Å². The van der Waals surface area contributed by atoms with Gasteiger partial charge in [-0.2, -0.15) is 5.10 Å². The summed E-state index contributed by atoms with van der Waals surface area (Å²) in [7, 11) is 0. The zero-order chi connectivity index (χ0) is 26.7. The van der Waals surface area contributed by atoms with E-state index in [4.69, 9.17) is 4.74 Å². The number of hydrazone groups is 1. The van der Waals surface area contributed by atoms with Gasteiger partial charge in [-0.1, -0.05) is 94.8 Å². The Kier molecular flexibility index (Phi) is 9.15. The van der Waals surface area contributed by atoms with Crippen LogP contribution in [0.1, 0.15) is 33.0 Å². The standard InChI is InChI=1S/C30H24BrN3O4/c31-25-16-17-26(38-30(37)23-14-8-3-9-15-23)24(18-25)19-33-34-27(35)20-32-29(36)28(21-10-4-1-5-11-21)22-12-6-2-7-13-22/h1-19,28H,20H2,(H,32,36)(H,34,35)/b33-19+. The second-order valence-corrected chi connectivity index (χ2v) is 9.12. The second-order valence-electron chi connectivity index (χ2n) is 8.20. The fraction of sp³-hybridized carbons (Fsp3) is 0.0667. The van der Waals surface area contributed by atoms with Crippen molar-refractivity contribution in [2.45, 2.75) is 5.92 Å². The van der Waals surface area contributed by atoms with E-state index in [9.17, 15) is 14.4 Å². The molecule has 0 saturated heterocycles. The Morgan fingerprint density at radius 2 is 1.39 bits per heavy atom. The summed E-state index contributed by atoms with van der Waals surface area (Å²) in [5.41, 5.74) is 4.92. The van der Waals surface area contributed by atoms with Gasteiger partial charge in [0.1, 0.15) is 5.75 Å². The summed E-state index contributed by atoms with van der Waals surface area (Å²) in [6, 6.07) is 32.4. The number of rotatable bonds is 9. The normalized spacial score (nSPS) is 10.8. The molecule has 38 heavy (non-hydrogen) atoms. The summed E-state index contributed by atoms with van der Waals surface area (Å²) in [5, 5.41) is 6.67. The Hall–Kier alpha value is -4.56. The number of nitrogens with one attached hydrogen (secondary N) is 2. The number of nitrogens with zero attached hydrogens (tertiary/aromatic N) is 1. The topological polar surface area (TPSA) is 96.9 Å². The molecule has 0 radical (unpaired) electrons. The van der Waals surface area contributed by atoms with Gasteiger partial charge in [0, 0.05) is 10.0 Å². The van der Waals surface area contributed by atoms with Gasteiger partial charge in [0.25, 0.3) is 5.91 Å². The van der Waals surface area contributed by atoms with Crippen molar-refractivity contribution in [3.8, 4) is 5.75 Å². The molecule has 190 valence electrons. The number of carbonyl (C=O) groups is 3. The third-order valence-electron chi connectivity index (χ3n) is 5.53. The molecule has 2 N–H and O–H groups in total. The van der Waals surface area contributed by atoms with E-state index in [1.54, 1.807) is 42.5 Å². The summed E-state index contributed by atoms with van der Waals surface area (Å²) in [4.78, 5) is 37.9. The first-order valence-corrected chi connectivity index (χ1v) is 12.6. The fourth-order valence-corrected chi connectivity index (χ4v) is 4.09. The number of esters is 1. The Labute approximate surface area is 228 Å². The van der Waals surface area contributed by atoms with Crippen LogP contribution in [0.25, 0.3) is 0 Å². The van der Waals surface area contributed by atoms with Crippen molar-refractivity contribution in [3.63, 3.8) is 0 Å². The van der Waals surface area contributed by atoms with E-state index >= 15 is 0 Å². The quantitative estimate of drug-likeness (QED) is 0.127. The SMILES string of the molecule is O=C(CNC(=O)C(c1ccccc1)c1ccccc1)N/N=C/c1cc(Br)ccc1OC(=O)c1ccccc1. The van der Waals surface area contributed by atoms with Gasteiger partial charge in [0.05, 0.1) is 24.2 Å². The van der Waals surface area contributed by atoms with E-state index in [0.29, 0.717) is 11.1 Å². The molecule has 0 aliphatic carbocycles. The predicted molar refractivity (Wildman–Crippen MR) is 149 cm³/mol. The molecule has 0 heterocycles. The fourth-order valence-electron chi connectivity index (χ4n) is 3.72. The number of carbonyl (C=O) groups excluding carboxylic acids is 3. The average molecular weight is 570 g/mol. The van der Waals surface area contributed by atoms with Crippen LogP contribution in [0.15, 0.2) is 119 Å². The number of hydrogen-bond acceptors (Lipinski definition) is 5. The lowest BCUT2D eigenvalue weighted by Crippen LogP contribution is -2.37. The molecule has 2 amide bonds. The number of amides is 2. The van der Waals surface area contributed by atoms with E-state index < -0.39 is 17.8 Å². The molecule has 0 atom stereocenters. The molecule has 7 nitrogen and oxygen atoms in total. The lowest BCUT2D eigenvalue weighted by Gasteiger charge is -2.17. The van der Waals surface area contributed by atoms with Crippen LogP contribution in [-0.2, 0) is 9.59 Å². The van der Waals surface area contributed by atoms with Gasteiger partial charge in [-0.05, 0) is 41.5 Å². The molecule has 0 unspecified atom stereocenters. The second kappa shape index (κ2) is 13.1. The van der Waals surface area contributed by atoms with Crippen LogP contribution in [0.3, 0.4) is 0 Å². The van der Waals surface area contributed by atoms with Crippen LogP contribution in [0, 0.1) is 0 Å². The van der Waals surface area contributed by atoms with Crippen LogP contribution in [0.5, 0.6) is 5.75 Å². The number of hydrogen-bond donors (Lipinski definition) is 2. The van der Waals surface area contributed by atoms with E-state index in [-0.39, 0.29) is 18.2 Å². The van der Waals surface area contributed by atoms with Crippen LogP contribution < -0.4 is 15.5 Å². The summed E-state index contributed by atoms with van der Waals surface area (Å²) in [6.45, 7) is -0.263. The number of halogens is 1. The molecule has 0 aliphatic heterocycles. The highest BCUT2D eigenvalue weighted by Gasteiger charge is 2.22. The largest absolute Gasteiger partial charge is 0.422 e. The molecule has 0 aliphatic rings. The van der Waals surface area contributed by atoms with Gasteiger partial charge in [-0.15, -0.1) is 0 Å². The van der Waals surface area contributed by atoms with E-state index in [1.807, 2.05) is 66.7 Å². The summed E-state index contributed by atoms with van der Waals surface area (Å²) in [5.74, 6) is -1.60. The molecular formula is C30H24BrN3O4. The summed E-state index contributed by atoms with van der Waals surface area (Å²) in [6.07, 6.45) is 1.37. The van der Waals surface area contributed by atoms with Gasteiger partial charge in [-0.25, -0.2) is 10.2 Å². The van der Waals surface area contributed by atoms with Crippen LogP contribution in [0.2, 0.25) is 0 Å². The minimum Gasteiger partial charge on any atom is -0.422 e. The monoisotopic (exact) mass is 569 g/mol. The number of ether oxygens (including phenoxy) is 1. The molecule has 0 bridgehead atoms. The highest BCUT2D eigenvalue weighted by Crippen LogP contribution is 2.25. The van der Waals surface area contributed by atoms with Gasteiger partial charge in [0.2, 0.25) is 5.91 Å². The van der Waals surface area contributed by atoms with Gasteiger partial charge in [-0.3, -0.25) is 9.59 Å².